The zero-order chi connectivity index (χ0) is 13.2. The van der Waals surface area contributed by atoms with Crippen LogP contribution in [-0.2, 0) is 4.74 Å². The van der Waals surface area contributed by atoms with Crippen LogP contribution in [-0.4, -0.2) is 18.8 Å². The molecule has 1 rings (SSSR count). The van der Waals surface area contributed by atoms with Gasteiger partial charge < -0.3 is 4.74 Å². The van der Waals surface area contributed by atoms with Gasteiger partial charge in [0.05, 0.1) is 10.6 Å². The molecule has 1 aromatic rings. The van der Waals surface area contributed by atoms with Crippen LogP contribution in [0.25, 0.3) is 0 Å². The molecule has 8 heteroatoms. The minimum atomic E-state index is -4.70. The van der Waals surface area contributed by atoms with Crippen molar-refractivity contribution in [2.75, 3.05) is 6.61 Å². The Balaban J connectivity index is 2.84. The second-order valence-electron chi connectivity index (χ2n) is 2.95. The number of carbonyl (C=O) groups excluding carboxylic acids is 1. The number of alkyl halides is 3. The van der Waals surface area contributed by atoms with E-state index in [0.717, 1.165) is 0 Å². The molecule has 0 aromatic heterocycles. The van der Waals surface area contributed by atoms with Gasteiger partial charge in [0.15, 0.2) is 18.2 Å². The first-order valence-corrected chi connectivity index (χ1v) is 4.47. The first-order valence-electron chi connectivity index (χ1n) is 4.09. The average molecular weight is 275 g/mol. The summed E-state index contributed by atoms with van der Waals surface area (Å²) in [5, 5.41) is -0.719. The van der Waals surface area contributed by atoms with Gasteiger partial charge in [-0.15, -0.1) is 0 Å². The highest BCUT2D eigenvalue weighted by molar-refractivity contribution is 6.31. The fourth-order valence-corrected chi connectivity index (χ4v) is 1.11. The molecule has 94 valence electrons. The second-order valence-corrected chi connectivity index (χ2v) is 3.35. The molecule has 0 amide bonds. The van der Waals surface area contributed by atoms with Crippen LogP contribution >= 0.6 is 11.6 Å². The molecule has 17 heavy (non-hydrogen) atoms. The highest BCUT2D eigenvalue weighted by Crippen LogP contribution is 2.21. The van der Waals surface area contributed by atoms with Crippen molar-refractivity contribution in [3.63, 3.8) is 0 Å². The third-order valence-corrected chi connectivity index (χ3v) is 1.86. The van der Waals surface area contributed by atoms with Crippen LogP contribution < -0.4 is 0 Å². The van der Waals surface area contributed by atoms with E-state index < -0.39 is 41.0 Å². The minimum Gasteiger partial charge on any atom is -0.452 e. The van der Waals surface area contributed by atoms with Crippen molar-refractivity contribution in [3.8, 4) is 0 Å². The Morgan fingerprint density at radius 1 is 1.29 bits per heavy atom. The van der Waals surface area contributed by atoms with Crippen molar-refractivity contribution in [2.45, 2.75) is 6.18 Å². The lowest BCUT2D eigenvalue weighted by atomic mass is 10.2. The Hall–Kier alpha value is -1.37. The lowest BCUT2D eigenvalue weighted by Crippen LogP contribution is -2.20. The fraction of sp³-hybridized carbons (Fsp3) is 0.222. The zero-order valence-corrected chi connectivity index (χ0v) is 8.70. The van der Waals surface area contributed by atoms with Gasteiger partial charge in [-0.05, 0) is 12.1 Å². The van der Waals surface area contributed by atoms with Crippen LogP contribution in [0, 0.1) is 11.6 Å². The molecular formula is C9H4ClF5O2. The molecule has 0 aliphatic carbocycles. The van der Waals surface area contributed by atoms with E-state index in [-0.39, 0.29) is 0 Å². The molecule has 0 saturated carbocycles. The van der Waals surface area contributed by atoms with Crippen LogP contribution in [0.1, 0.15) is 10.4 Å². The summed E-state index contributed by atoms with van der Waals surface area (Å²) < 4.78 is 64.5. The van der Waals surface area contributed by atoms with Gasteiger partial charge in [0.1, 0.15) is 0 Å². The Labute approximate surface area is 96.9 Å². The predicted molar refractivity (Wildman–Crippen MR) is 47.7 cm³/mol. The van der Waals surface area contributed by atoms with Gasteiger partial charge >= 0.3 is 12.1 Å². The summed E-state index contributed by atoms with van der Waals surface area (Å²) in [4.78, 5) is 11.0. The maximum absolute atomic E-state index is 12.8. The van der Waals surface area contributed by atoms with Gasteiger partial charge in [-0.2, -0.15) is 13.2 Å². The summed E-state index contributed by atoms with van der Waals surface area (Å²) in [6.07, 6.45) is -4.70. The van der Waals surface area contributed by atoms with Gasteiger partial charge in [-0.3, -0.25) is 0 Å². The van der Waals surface area contributed by atoms with Crippen molar-refractivity contribution in [3.05, 3.63) is 34.4 Å². The van der Waals surface area contributed by atoms with E-state index in [1.807, 2.05) is 0 Å². The highest BCUT2D eigenvalue weighted by Gasteiger charge is 2.30. The zero-order valence-electron chi connectivity index (χ0n) is 7.95. The van der Waals surface area contributed by atoms with Crippen LogP contribution in [0.4, 0.5) is 22.0 Å². The number of benzene rings is 1. The Morgan fingerprint density at radius 3 is 2.35 bits per heavy atom. The van der Waals surface area contributed by atoms with Crippen LogP contribution in [0.3, 0.4) is 0 Å². The van der Waals surface area contributed by atoms with Crippen molar-refractivity contribution in [2.24, 2.45) is 0 Å². The van der Waals surface area contributed by atoms with Crippen LogP contribution in [0.15, 0.2) is 12.1 Å². The molecule has 0 unspecified atom stereocenters. The number of esters is 1. The largest absolute Gasteiger partial charge is 0.452 e. The summed E-state index contributed by atoms with van der Waals surface area (Å²) in [5.74, 6) is -4.28. The average Bonchev–Trinajstić information content (AvgIpc) is 2.20. The molecule has 2 nitrogen and oxygen atoms in total. The number of hydrogen-bond donors (Lipinski definition) is 0. The molecule has 0 radical (unpaired) electrons. The van der Waals surface area contributed by atoms with Crippen molar-refractivity contribution >= 4 is 17.6 Å². The van der Waals surface area contributed by atoms with Gasteiger partial charge in [-0.25, -0.2) is 13.6 Å². The first kappa shape index (κ1) is 13.7. The lowest BCUT2D eigenvalue weighted by Gasteiger charge is -2.08. The number of ether oxygens (including phenoxy) is 1. The van der Waals surface area contributed by atoms with Crippen LogP contribution in [0.5, 0.6) is 0 Å². The maximum atomic E-state index is 12.8. The van der Waals surface area contributed by atoms with Crippen molar-refractivity contribution in [1.29, 1.82) is 0 Å². The van der Waals surface area contributed by atoms with E-state index >= 15 is 0 Å². The maximum Gasteiger partial charge on any atom is 0.422 e. The molecule has 0 saturated heterocycles. The van der Waals surface area contributed by atoms with E-state index in [1.165, 1.54) is 0 Å². The van der Waals surface area contributed by atoms with E-state index in [9.17, 15) is 26.7 Å². The Bertz CT molecular complexity index is 420. The van der Waals surface area contributed by atoms with E-state index in [0.29, 0.717) is 12.1 Å². The van der Waals surface area contributed by atoms with Crippen molar-refractivity contribution < 1.29 is 31.5 Å². The van der Waals surface area contributed by atoms with Gasteiger partial charge in [0.2, 0.25) is 0 Å². The topological polar surface area (TPSA) is 26.3 Å². The number of hydrogen-bond acceptors (Lipinski definition) is 2. The number of carbonyl (C=O) groups is 1. The summed E-state index contributed by atoms with van der Waals surface area (Å²) in [6.45, 7) is -1.82. The Kier molecular flexibility index (Phi) is 3.92. The van der Waals surface area contributed by atoms with E-state index in [1.54, 1.807) is 0 Å². The summed E-state index contributed by atoms with van der Waals surface area (Å²) in [6, 6.07) is 1.08. The van der Waals surface area contributed by atoms with E-state index in [4.69, 9.17) is 11.6 Å². The quantitative estimate of drug-likeness (QED) is 0.470. The molecule has 0 spiro atoms. The van der Waals surface area contributed by atoms with Crippen LogP contribution in [0.2, 0.25) is 5.02 Å². The Morgan fingerprint density at radius 2 is 1.88 bits per heavy atom. The van der Waals surface area contributed by atoms with Gasteiger partial charge in [0, 0.05) is 0 Å². The molecule has 0 aliphatic rings. The molecule has 0 atom stereocenters. The first-order chi connectivity index (χ1) is 7.70. The monoisotopic (exact) mass is 274 g/mol. The predicted octanol–water partition coefficient (Wildman–Crippen LogP) is 3.34. The molecule has 0 bridgehead atoms. The van der Waals surface area contributed by atoms with Gasteiger partial charge in [0.25, 0.3) is 0 Å². The molecule has 0 heterocycles. The minimum absolute atomic E-state index is 0.403. The SMILES string of the molecule is O=C(OCC(F)(F)F)c1cc(F)c(F)c(Cl)c1. The molecule has 0 fully saturated rings. The van der Waals surface area contributed by atoms with Crippen molar-refractivity contribution in [1.82, 2.24) is 0 Å². The summed E-state index contributed by atoms with van der Waals surface area (Å²) in [5.41, 5.74) is -0.599. The lowest BCUT2D eigenvalue weighted by molar-refractivity contribution is -0.161. The molecule has 0 aliphatic heterocycles. The molecule has 0 N–H and O–H groups in total. The third-order valence-electron chi connectivity index (χ3n) is 1.59. The summed E-state index contributed by atoms with van der Waals surface area (Å²) in [7, 11) is 0. The highest BCUT2D eigenvalue weighted by atomic mass is 35.5. The van der Waals surface area contributed by atoms with E-state index in [2.05, 4.69) is 4.74 Å². The number of halogens is 6. The number of rotatable bonds is 2. The molecule has 1 aromatic carbocycles. The standard InChI is InChI=1S/C9H4ClF5O2/c10-5-1-4(2-6(11)7(5)12)8(16)17-3-9(13,14)15/h1-2H,3H2. The summed E-state index contributed by atoms with van der Waals surface area (Å²) >= 11 is 5.21. The fourth-order valence-electron chi connectivity index (χ4n) is 0.904. The normalized spacial score (nSPS) is 11.4. The smallest absolute Gasteiger partial charge is 0.422 e. The van der Waals surface area contributed by atoms with Gasteiger partial charge in [-0.1, -0.05) is 11.6 Å². The third kappa shape index (κ3) is 3.85. The molecular weight excluding hydrogens is 271 g/mol. The second kappa shape index (κ2) is 4.87.